The van der Waals surface area contributed by atoms with Crippen LogP contribution >= 0.6 is 12.2 Å². The number of thiocarbonyl (C=S) groups is 1. The normalized spacial score (nSPS) is 17.8. The van der Waals surface area contributed by atoms with Crippen LogP contribution in [0, 0.1) is 17.7 Å². The molecule has 5 atom stereocenters. The van der Waals surface area contributed by atoms with E-state index in [9.17, 15) is 31.9 Å². The zero-order valence-corrected chi connectivity index (χ0v) is 31.6. The van der Waals surface area contributed by atoms with Gasteiger partial charge in [-0.1, -0.05) is 113 Å². The number of amides is 3. The van der Waals surface area contributed by atoms with Crippen molar-refractivity contribution < 1.29 is 31.9 Å². The Balaban J connectivity index is 1.49. The van der Waals surface area contributed by atoms with Gasteiger partial charge in [0.2, 0.25) is 17.7 Å². The Labute approximate surface area is 318 Å². The highest BCUT2D eigenvalue weighted by Crippen LogP contribution is 2.40. The van der Waals surface area contributed by atoms with Crippen LogP contribution in [-0.2, 0) is 46.4 Å². The topological polar surface area (TPSA) is 115 Å². The fourth-order valence-corrected chi connectivity index (χ4v) is 7.36. The highest BCUT2D eigenvalue weighted by atomic mass is 32.1. The van der Waals surface area contributed by atoms with Crippen molar-refractivity contribution in [1.29, 1.82) is 0 Å². The fraction of sp³-hybridized carbons (Fsp3) is 0.415. The molecule has 0 bridgehead atoms. The standard InChI is InChI=1S/C41H47F4N5O3S/c1-5-24(3)34(48-33(51)21-27-15-10-11-18-31(27)42)37(52)50-40(20-19-32-29(22-40)28-16-12-17-30(36(28)47-32)41(43,44)45)39(53)49-35(25(4)6-2)38(54)46-23-26-13-8-7-9-14-26/h7-18,24-25,34-35,47H,5-6,19-23H2,1-4H3,(H,46,54)(H,48,51)(H,49,53)(H,50,52)/t24?,25?,34-,35-,40+/m0/s1. The maximum Gasteiger partial charge on any atom is 0.418 e. The third-order valence-corrected chi connectivity index (χ3v) is 11.0. The first kappa shape index (κ1) is 40.4. The predicted molar refractivity (Wildman–Crippen MR) is 205 cm³/mol. The van der Waals surface area contributed by atoms with Crippen LogP contribution in [0.25, 0.3) is 10.9 Å². The van der Waals surface area contributed by atoms with Crippen molar-refractivity contribution in [2.24, 2.45) is 11.8 Å². The number of H-pyrrole nitrogens is 1. The van der Waals surface area contributed by atoms with E-state index in [0.717, 1.165) is 11.6 Å². The second kappa shape index (κ2) is 17.1. The molecule has 1 aromatic heterocycles. The van der Waals surface area contributed by atoms with Gasteiger partial charge in [0, 0.05) is 24.0 Å². The lowest BCUT2D eigenvalue weighted by Gasteiger charge is -2.40. The van der Waals surface area contributed by atoms with Gasteiger partial charge in [0.25, 0.3) is 0 Å². The maximum absolute atomic E-state index is 14.8. The molecule has 0 spiro atoms. The lowest BCUT2D eigenvalue weighted by Crippen LogP contribution is -2.67. The molecule has 0 saturated heterocycles. The summed E-state index contributed by atoms with van der Waals surface area (Å²) < 4.78 is 56.7. The van der Waals surface area contributed by atoms with E-state index in [0.29, 0.717) is 41.0 Å². The van der Waals surface area contributed by atoms with Gasteiger partial charge in [-0.15, -0.1) is 0 Å². The molecule has 0 fully saturated rings. The van der Waals surface area contributed by atoms with Crippen LogP contribution in [0.3, 0.4) is 0 Å². The van der Waals surface area contributed by atoms with Gasteiger partial charge in [0.05, 0.1) is 28.5 Å². The number of nitrogens with one attached hydrogen (secondary N) is 5. The molecule has 5 rings (SSSR count). The molecule has 8 nitrogen and oxygen atoms in total. The van der Waals surface area contributed by atoms with E-state index in [-0.39, 0.29) is 48.6 Å². The Hall–Kier alpha value is -4.78. The number of benzene rings is 3. The zero-order valence-electron chi connectivity index (χ0n) is 30.8. The minimum absolute atomic E-state index is 0.0551. The number of alkyl halides is 3. The minimum atomic E-state index is -4.62. The Morgan fingerprint density at radius 3 is 2.22 bits per heavy atom. The van der Waals surface area contributed by atoms with Gasteiger partial charge < -0.3 is 26.3 Å². The van der Waals surface area contributed by atoms with E-state index in [1.807, 2.05) is 51.1 Å². The average molecular weight is 766 g/mol. The van der Waals surface area contributed by atoms with Crippen LogP contribution in [0.1, 0.15) is 74.9 Å². The summed E-state index contributed by atoms with van der Waals surface area (Å²) in [6.45, 7) is 7.99. The number of aryl methyl sites for hydroxylation is 1. The van der Waals surface area contributed by atoms with E-state index in [1.165, 1.54) is 24.3 Å². The van der Waals surface area contributed by atoms with E-state index < -0.39 is 52.9 Å². The van der Waals surface area contributed by atoms with E-state index in [1.54, 1.807) is 19.1 Å². The van der Waals surface area contributed by atoms with Crippen LogP contribution in [0.2, 0.25) is 0 Å². The zero-order chi connectivity index (χ0) is 39.2. The highest BCUT2D eigenvalue weighted by Gasteiger charge is 2.47. The maximum atomic E-state index is 14.8. The van der Waals surface area contributed by atoms with Crippen molar-refractivity contribution in [2.75, 3.05) is 0 Å². The smallest absolute Gasteiger partial charge is 0.374 e. The summed E-state index contributed by atoms with van der Waals surface area (Å²) in [6, 6.07) is 17.7. The summed E-state index contributed by atoms with van der Waals surface area (Å²) in [4.78, 5) is 45.8. The molecule has 13 heteroatoms. The molecule has 1 heterocycles. The minimum Gasteiger partial charge on any atom is -0.374 e. The summed E-state index contributed by atoms with van der Waals surface area (Å²) in [5.41, 5.74) is -0.339. The van der Waals surface area contributed by atoms with Crippen molar-refractivity contribution in [2.45, 2.75) is 96.6 Å². The second-order valence-corrected chi connectivity index (χ2v) is 14.7. The van der Waals surface area contributed by atoms with Gasteiger partial charge in [-0.2, -0.15) is 13.2 Å². The van der Waals surface area contributed by atoms with E-state index in [2.05, 4.69) is 26.3 Å². The monoisotopic (exact) mass is 765 g/mol. The van der Waals surface area contributed by atoms with Gasteiger partial charge in [-0.05, 0) is 53.5 Å². The van der Waals surface area contributed by atoms with Crippen molar-refractivity contribution in [3.63, 3.8) is 0 Å². The first-order valence-electron chi connectivity index (χ1n) is 18.3. The Kier molecular flexibility index (Phi) is 12.8. The highest BCUT2D eigenvalue weighted by molar-refractivity contribution is 7.80. The van der Waals surface area contributed by atoms with E-state index in [4.69, 9.17) is 12.2 Å². The summed E-state index contributed by atoms with van der Waals surface area (Å²) in [5, 5.41) is 12.4. The Bertz CT molecular complexity index is 1980. The third-order valence-electron chi connectivity index (χ3n) is 10.6. The van der Waals surface area contributed by atoms with Crippen molar-refractivity contribution in [1.82, 2.24) is 26.3 Å². The third kappa shape index (κ3) is 9.11. The molecule has 288 valence electrons. The van der Waals surface area contributed by atoms with Gasteiger partial charge in [0.15, 0.2) is 0 Å². The molecule has 1 aliphatic rings. The van der Waals surface area contributed by atoms with Crippen LogP contribution in [-0.4, -0.2) is 45.3 Å². The Morgan fingerprint density at radius 1 is 0.889 bits per heavy atom. The molecular formula is C41H47F4N5O3S. The van der Waals surface area contributed by atoms with Crippen LogP contribution in [0.15, 0.2) is 72.8 Å². The summed E-state index contributed by atoms with van der Waals surface area (Å²) in [6.07, 6.45) is -3.67. The molecule has 2 unspecified atom stereocenters. The molecule has 1 aliphatic carbocycles. The van der Waals surface area contributed by atoms with Gasteiger partial charge in [0.1, 0.15) is 17.4 Å². The molecule has 0 aliphatic heterocycles. The van der Waals surface area contributed by atoms with Crippen molar-refractivity contribution in [3.8, 4) is 0 Å². The molecular weight excluding hydrogens is 719 g/mol. The van der Waals surface area contributed by atoms with Crippen LogP contribution < -0.4 is 21.3 Å². The van der Waals surface area contributed by atoms with Gasteiger partial charge >= 0.3 is 6.18 Å². The first-order valence-corrected chi connectivity index (χ1v) is 18.7. The molecule has 0 saturated carbocycles. The summed E-state index contributed by atoms with van der Waals surface area (Å²) >= 11 is 5.83. The van der Waals surface area contributed by atoms with Crippen LogP contribution in [0.5, 0.6) is 0 Å². The number of hydrogen-bond donors (Lipinski definition) is 5. The largest absolute Gasteiger partial charge is 0.418 e. The van der Waals surface area contributed by atoms with Crippen LogP contribution in [0.4, 0.5) is 17.6 Å². The van der Waals surface area contributed by atoms with E-state index >= 15 is 0 Å². The number of para-hydroxylation sites is 1. The number of carbonyl (C=O) groups is 3. The number of rotatable bonds is 14. The van der Waals surface area contributed by atoms with Crippen molar-refractivity contribution >= 4 is 45.8 Å². The Morgan fingerprint density at radius 2 is 1.56 bits per heavy atom. The lowest BCUT2D eigenvalue weighted by molar-refractivity contribution is -0.137. The van der Waals surface area contributed by atoms with Crippen molar-refractivity contribution in [3.05, 3.63) is 107 Å². The average Bonchev–Trinajstić information content (AvgIpc) is 3.52. The number of fused-ring (bicyclic) bond motifs is 3. The number of aromatic amines is 1. The molecule has 3 amide bonds. The molecule has 0 radical (unpaired) electrons. The quantitative estimate of drug-likeness (QED) is 0.0695. The number of hydrogen-bond acceptors (Lipinski definition) is 4. The summed E-state index contributed by atoms with van der Waals surface area (Å²) in [5.74, 6) is -2.81. The second-order valence-electron chi connectivity index (χ2n) is 14.3. The van der Waals surface area contributed by atoms with Gasteiger partial charge in [-0.3, -0.25) is 14.4 Å². The lowest BCUT2D eigenvalue weighted by atomic mass is 9.78. The summed E-state index contributed by atoms with van der Waals surface area (Å²) in [7, 11) is 0. The SMILES string of the molecule is CCC(C)[C@H](NC(=O)Cc1ccccc1F)C(=O)N[C@]1(C(=O)N[C@H](C(=S)NCc2ccccc2)C(C)CC)CCc2[nH]c3c(C(F)(F)F)cccc3c2C1. The predicted octanol–water partition coefficient (Wildman–Crippen LogP) is 7.09. The number of aromatic nitrogens is 1. The number of carbonyl (C=O) groups excluding carboxylic acids is 3. The van der Waals surface area contributed by atoms with Gasteiger partial charge in [-0.25, -0.2) is 4.39 Å². The first-order chi connectivity index (χ1) is 25.7. The molecule has 4 aromatic rings. The molecule has 5 N–H and O–H groups in total. The molecule has 3 aromatic carbocycles. The molecule has 54 heavy (non-hydrogen) atoms. The fourth-order valence-electron chi connectivity index (χ4n) is 7.00. The number of halogens is 4.